The number of unbranched alkanes of at least 4 members (excludes halogenated alkanes) is 1. The van der Waals surface area contributed by atoms with E-state index in [1.165, 1.54) is 4.90 Å². The number of hydrogen-bond acceptors (Lipinski definition) is 4. The predicted octanol–water partition coefficient (Wildman–Crippen LogP) is 1.05. The first-order valence-electron chi connectivity index (χ1n) is 7.04. The second-order valence-electron chi connectivity index (χ2n) is 5.71. The number of rotatable bonds is 7. The molecular formula is C14H21N3O2. The number of piperidine rings is 1. The van der Waals surface area contributed by atoms with Crippen LogP contribution in [0.1, 0.15) is 39.5 Å². The first-order chi connectivity index (χ1) is 9.02. The van der Waals surface area contributed by atoms with Gasteiger partial charge in [-0.2, -0.15) is 5.26 Å². The lowest BCUT2D eigenvalue weighted by molar-refractivity contribution is -0.141. The highest BCUT2D eigenvalue weighted by atomic mass is 16.2. The third-order valence-corrected chi connectivity index (χ3v) is 4.08. The monoisotopic (exact) mass is 263 g/mol. The highest BCUT2D eigenvalue weighted by Gasteiger charge is 2.58. The minimum Gasteiger partial charge on any atom is -0.300 e. The van der Waals surface area contributed by atoms with Gasteiger partial charge in [-0.1, -0.05) is 6.92 Å². The number of likely N-dealkylation sites (tertiary alicyclic amines) is 1. The Hall–Kier alpha value is -1.41. The number of carbonyl (C=O) groups excluding carboxylic acids is 2. The number of hydrogen-bond donors (Lipinski definition) is 1. The molecule has 104 valence electrons. The molecule has 19 heavy (non-hydrogen) atoms. The van der Waals surface area contributed by atoms with Gasteiger partial charge in [0.25, 0.3) is 0 Å². The number of nitriles is 1. The number of nitrogens with one attached hydrogen (secondary N) is 1. The second-order valence-corrected chi connectivity index (χ2v) is 5.71. The predicted molar refractivity (Wildman–Crippen MR) is 69.9 cm³/mol. The van der Waals surface area contributed by atoms with Crippen LogP contribution in [0.4, 0.5) is 0 Å². The van der Waals surface area contributed by atoms with Crippen LogP contribution in [0.5, 0.6) is 0 Å². The average Bonchev–Trinajstić information content (AvgIpc) is 3.14. The fourth-order valence-corrected chi connectivity index (χ4v) is 2.79. The van der Waals surface area contributed by atoms with Crippen molar-refractivity contribution < 1.29 is 9.59 Å². The molecule has 1 aliphatic heterocycles. The van der Waals surface area contributed by atoms with Crippen LogP contribution < -0.4 is 5.32 Å². The lowest BCUT2D eigenvalue weighted by Crippen LogP contribution is -2.41. The fourth-order valence-electron chi connectivity index (χ4n) is 2.79. The summed E-state index contributed by atoms with van der Waals surface area (Å²) < 4.78 is 0. The topological polar surface area (TPSA) is 73.2 Å². The Kier molecular flexibility index (Phi) is 3.91. The number of amides is 2. The third-order valence-electron chi connectivity index (χ3n) is 4.08. The maximum atomic E-state index is 11.7. The number of nitrogens with zero attached hydrogens (tertiary/aromatic N) is 2. The van der Waals surface area contributed by atoms with Crippen LogP contribution in [-0.4, -0.2) is 35.3 Å². The first kappa shape index (κ1) is 14.0. The lowest BCUT2D eigenvalue weighted by atomic mass is 9.96. The van der Waals surface area contributed by atoms with Crippen molar-refractivity contribution in [1.82, 2.24) is 10.2 Å². The van der Waals surface area contributed by atoms with Gasteiger partial charge in [-0.15, -0.1) is 0 Å². The summed E-state index contributed by atoms with van der Waals surface area (Å²) in [7, 11) is 0. The molecule has 1 aliphatic carbocycles. The molecule has 5 nitrogen and oxygen atoms in total. The molecule has 0 aromatic rings. The number of fused-ring (bicyclic) bond motifs is 1. The van der Waals surface area contributed by atoms with Gasteiger partial charge in [0.2, 0.25) is 11.8 Å². The van der Waals surface area contributed by atoms with Gasteiger partial charge in [0.1, 0.15) is 5.54 Å². The summed E-state index contributed by atoms with van der Waals surface area (Å²) >= 11 is 0. The van der Waals surface area contributed by atoms with E-state index in [-0.39, 0.29) is 23.7 Å². The molecule has 0 bridgehead atoms. The highest BCUT2D eigenvalue weighted by molar-refractivity contribution is 6.08. The van der Waals surface area contributed by atoms with Crippen LogP contribution in [-0.2, 0) is 9.59 Å². The van der Waals surface area contributed by atoms with Gasteiger partial charge >= 0.3 is 0 Å². The normalized spacial score (nSPS) is 27.9. The van der Waals surface area contributed by atoms with E-state index in [1.54, 1.807) is 0 Å². The Balaban J connectivity index is 1.71. The highest BCUT2D eigenvalue weighted by Crippen LogP contribution is 2.46. The summed E-state index contributed by atoms with van der Waals surface area (Å²) in [4.78, 5) is 24.9. The summed E-state index contributed by atoms with van der Waals surface area (Å²) in [6, 6.07) is 2.28. The smallest absolute Gasteiger partial charge is 0.233 e. The lowest BCUT2D eigenvalue weighted by Gasteiger charge is -2.23. The van der Waals surface area contributed by atoms with Crippen molar-refractivity contribution in [2.24, 2.45) is 11.8 Å². The van der Waals surface area contributed by atoms with Crippen molar-refractivity contribution in [2.75, 3.05) is 13.1 Å². The van der Waals surface area contributed by atoms with E-state index < -0.39 is 5.54 Å². The molecule has 2 fully saturated rings. The molecule has 2 amide bonds. The van der Waals surface area contributed by atoms with Crippen molar-refractivity contribution >= 4 is 11.8 Å². The van der Waals surface area contributed by atoms with E-state index in [2.05, 4.69) is 11.4 Å². The zero-order chi connectivity index (χ0) is 14.0. The van der Waals surface area contributed by atoms with Crippen molar-refractivity contribution in [1.29, 1.82) is 5.26 Å². The van der Waals surface area contributed by atoms with Crippen LogP contribution in [0.25, 0.3) is 0 Å². The Morgan fingerprint density at radius 2 is 2.00 bits per heavy atom. The minimum absolute atomic E-state index is 0.00127. The SMILES string of the molecule is CCNC(C)(C#N)CCCCN1C(=O)C2CC2C1=O. The summed E-state index contributed by atoms with van der Waals surface area (Å²) in [6.07, 6.45) is 3.12. The average molecular weight is 263 g/mol. The summed E-state index contributed by atoms with van der Waals surface area (Å²) in [6.45, 7) is 5.14. The molecule has 3 unspecified atom stereocenters. The van der Waals surface area contributed by atoms with E-state index in [1.807, 2.05) is 13.8 Å². The van der Waals surface area contributed by atoms with Crippen molar-refractivity contribution in [3.05, 3.63) is 0 Å². The van der Waals surface area contributed by atoms with Crippen molar-refractivity contribution in [3.8, 4) is 6.07 Å². The molecule has 0 radical (unpaired) electrons. The minimum atomic E-state index is -0.504. The summed E-state index contributed by atoms with van der Waals surface area (Å²) in [5.41, 5.74) is -0.504. The molecule has 1 saturated heterocycles. The summed E-state index contributed by atoms with van der Waals surface area (Å²) in [5, 5.41) is 12.3. The first-order valence-corrected chi connectivity index (χ1v) is 7.04. The maximum absolute atomic E-state index is 11.7. The van der Waals surface area contributed by atoms with Crippen LogP contribution in [0.2, 0.25) is 0 Å². The van der Waals surface area contributed by atoms with Gasteiger partial charge in [0.05, 0.1) is 17.9 Å². The Bertz CT molecular complexity index is 409. The molecule has 0 aromatic carbocycles. The Morgan fingerprint density at radius 1 is 1.37 bits per heavy atom. The molecular weight excluding hydrogens is 242 g/mol. The van der Waals surface area contributed by atoms with Crippen molar-refractivity contribution in [2.45, 2.75) is 45.1 Å². The van der Waals surface area contributed by atoms with Gasteiger partial charge < -0.3 is 0 Å². The molecule has 0 spiro atoms. The van der Waals surface area contributed by atoms with Crippen molar-refractivity contribution in [3.63, 3.8) is 0 Å². The Morgan fingerprint density at radius 3 is 2.53 bits per heavy atom. The van der Waals surface area contributed by atoms with E-state index >= 15 is 0 Å². The standard InChI is InChI=1S/C14H21N3O2/c1-3-16-14(2,9-15)6-4-5-7-17-12(18)10-8-11(10)13(17)19/h10-11,16H,3-8H2,1-2H3. The second kappa shape index (κ2) is 5.30. The third kappa shape index (κ3) is 2.79. The largest absolute Gasteiger partial charge is 0.300 e. The molecule has 3 atom stereocenters. The van der Waals surface area contributed by atoms with Gasteiger partial charge in [0.15, 0.2) is 0 Å². The van der Waals surface area contributed by atoms with E-state index in [9.17, 15) is 9.59 Å². The van der Waals surface area contributed by atoms with Gasteiger partial charge in [-0.05, 0) is 39.2 Å². The van der Waals surface area contributed by atoms with Crippen LogP contribution in [0.15, 0.2) is 0 Å². The zero-order valence-electron chi connectivity index (χ0n) is 11.6. The van der Waals surface area contributed by atoms with E-state index in [4.69, 9.17) is 5.26 Å². The number of imide groups is 1. The summed E-state index contributed by atoms with van der Waals surface area (Å²) in [5.74, 6) is 0.0340. The van der Waals surface area contributed by atoms with Crippen LogP contribution in [0, 0.1) is 23.2 Å². The van der Waals surface area contributed by atoms with Gasteiger partial charge in [-0.25, -0.2) is 0 Å². The molecule has 2 aliphatic rings. The van der Waals surface area contributed by atoms with E-state index in [0.717, 1.165) is 32.2 Å². The Labute approximate surface area is 113 Å². The number of carbonyl (C=O) groups is 2. The van der Waals surface area contributed by atoms with Crippen LogP contribution in [0.3, 0.4) is 0 Å². The molecule has 1 N–H and O–H groups in total. The fraction of sp³-hybridized carbons (Fsp3) is 0.786. The molecule has 2 rings (SSSR count). The molecule has 1 heterocycles. The zero-order valence-corrected chi connectivity index (χ0v) is 11.6. The van der Waals surface area contributed by atoms with Gasteiger partial charge in [0, 0.05) is 6.54 Å². The van der Waals surface area contributed by atoms with Crippen LogP contribution >= 0.6 is 0 Å². The molecule has 5 heteroatoms. The maximum Gasteiger partial charge on any atom is 0.233 e. The molecule has 1 saturated carbocycles. The molecule has 0 aromatic heterocycles. The quantitative estimate of drug-likeness (QED) is 0.550. The van der Waals surface area contributed by atoms with E-state index in [0.29, 0.717) is 6.54 Å². The van der Waals surface area contributed by atoms with Gasteiger partial charge in [-0.3, -0.25) is 19.8 Å².